The first kappa shape index (κ1) is 23.5. The number of amidine groups is 1. The maximum absolute atomic E-state index is 12.3. The van der Waals surface area contributed by atoms with Gasteiger partial charge in [-0.3, -0.25) is 9.79 Å². The van der Waals surface area contributed by atoms with E-state index in [0.717, 1.165) is 12.8 Å². The van der Waals surface area contributed by atoms with Crippen molar-refractivity contribution in [2.45, 2.75) is 32.2 Å². The van der Waals surface area contributed by atoms with Crippen molar-refractivity contribution in [3.05, 3.63) is 84.4 Å². The number of fused-ring (bicyclic) bond motifs is 1. The molecule has 0 bridgehead atoms. The lowest BCUT2D eigenvalue weighted by atomic mass is 9.76. The number of nitrogens with one attached hydrogen (secondary N) is 2. The van der Waals surface area contributed by atoms with Crippen molar-refractivity contribution in [1.29, 1.82) is 0 Å². The van der Waals surface area contributed by atoms with Crippen molar-refractivity contribution in [2.75, 3.05) is 6.54 Å². The molecule has 1 heterocycles. The molecule has 0 saturated heterocycles. The summed E-state index contributed by atoms with van der Waals surface area (Å²) in [5.74, 6) is 0.296. The summed E-state index contributed by atoms with van der Waals surface area (Å²) in [6, 6.07) is 0.0984. The van der Waals surface area contributed by atoms with Gasteiger partial charge in [-0.15, -0.1) is 0 Å². The van der Waals surface area contributed by atoms with Gasteiger partial charge < -0.3 is 5.32 Å². The molecule has 2 rings (SSSR count). The lowest BCUT2D eigenvalue weighted by molar-refractivity contribution is -0.118. The van der Waals surface area contributed by atoms with Crippen molar-refractivity contribution in [3.8, 4) is 0 Å². The Morgan fingerprint density at radius 2 is 1.97 bits per heavy atom. The van der Waals surface area contributed by atoms with Crippen molar-refractivity contribution in [3.63, 3.8) is 0 Å². The maximum atomic E-state index is 12.3. The molecule has 1 amide bonds. The predicted octanol–water partition coefficient (Wildman–Crippen LogP) is 3.47. The molecule has 30 heavy (non-hydrogen) atoms. The molecule has 2 aliphatic rings. The van der Waals surface area contributed by atoms with E-state index in [1.54, 1.807) is 31.2 Å². The predicted molar refractivity (Wildman–Crippen MR) is 123 cm³/mol. The standard InChI is InChI=1S/C23H29N3O3S/c1-5-9-12-18(8-4)30(28,29)24-16-23(27)26-22-15-20-19(11-7-3)17(10-6-2)13-14-21(20)25-22/h5-12,20-21,24H,2-4,13-16H2,1H3,(H,25,26,27)/b9-5-,17-10-,18-12+,19-11+. The molecule has 2 N–H and O–H groups in total. The van der Waals surface area contributed by atoms with Crippen molar-refractivity contribution in [2.24, 2.45) is 10.9 Å². The van der Waals surface area contributed by atoms with E-state index in [1.165, 1.54) is 23.3 Å². The number of aliphatic imine (C=N–C) groups is 1. The zero-order chi connectivity index (χ0) is 22.1. The summed E-state index contributed by atoms with van der Waals surface area (Å²) >= 11 is 0. The van der Waals surface area contributed by atoms with E-state index in [0.29, 0.717) is 12.3 Å². The Morgan fingerprint density at radius 3 is 2.60 bits per heavy atom. The molecule has 160 valence electrons. The Labute approximate surface area is 179 Å². The van der Waals surface area contributed by atoms with E-state index < -0.39 is 15.9 Å². The van der Waals surface area contributed by atoms with Crippen LogP contribution in [0.5, 0.6) is 0 Å². The second kappa shape index (κ2) is 10.8. The van der Waals surface area contributed by atoms with Gasteiger partial charge in [0.1, 0.15) is 5.84 Å². The summed E-state index contributed by atoms with van der Waals surface area (Å²) in [5.41, 5.74) is 2.38. The number of hydrogen-bond donors (Lipinski definition) is 2. The monoisotopic (exact) mass is 427 g/mol. The van der Waals surface area contributed by atoms with Crippen LogP contribution >= 0.6 is 0 Å². The molecule has 2 atom stereocenters. The highest BCUT2D eigenvalue weighted by molar-refractivity contribution is 7.93. The van der Waals surface area contributed by atoms with Crippen molar-refractivity contribution in [1.82, 2.24) is 10.0 Å². The van der Waals surface area contributed by atoms with Crippen LogP contribution in [0.25, 0.3) is 0 Å². The van der Waals surface area contributed by atoms with Gasteiger partial charge >= 0.3 is 0 Å². The molecule has 1 saturated carbocycles. The topological polar surface area (TPSA) is 87.6 Å². The van der Waals surface area contributed by atoms with E-state index in [1.807, 2.05) is 12.2 Å². The quantitative estimate of drug-likeness (QED) is 0.582. The second-order valence-corrected chi connectivity index (χ2v) is 8.72. The molecule has 1 aliphatic heterocycles. The minimum absolute atomic E-state index is 0.00151. The van der Waals surface area contributed by atoms with E-state index in [4.69, 9.17) is 0 Å². The van der Waals surface area contributed by atoms with Crippen LogP contribution in [0.4, 0.5) is 0 Å². The minimum Gasteiger partial charge on any atom is -0.313 e. The average Bonchev–Trinajstić information content (AvgIpc) is 3.11. The van der Waals surface area contributed by atoms with Gasteiger partial charge in [0.15, 0.2) is 0 Å². The number of rotatable bonds is 8. The van der Waals surface area contributed by atoms with Crippen LogP contribution in [-0.4, -0.2) is 32.7 Å². The van der Waals surface area contributed by atoms with Crippen LogP contribution in [0, 0.1) is 5.92 Å². The first-order valence-electron chi connectivity index (χ1n) is 9.82. The third-order valence-corrected chi connectivity index (χ3v) is 6.41. The third-order valence-electron chi connectivity index (χ3n) is 4.97. The molecule has 0 aromatic heterocycles. The Morgan fingerprint density at radius 1 is 1.23 bits per heavy atom. The number of sulfonamides is 1. The Bertz CT molecular complexity index is 966. The molecule has 7 heteroatoms. The zero-order valence-corrected chi connectivity index (χ0v) is 18.1. The van der Waals surface area contributed by atoms with E-state index in [9.17, 15) is 13.2 Å². The van der Waals surface area contributed by atoms with Gasteiger partial charge in [-0.1, -0.05) is 56.2 Å². The molecule has 2 unspecified atom stereocenters. The Balaban J connectivity index is 2.02. The summed E-state index contributed by atoms with van der Waals surface area (Å²) < 4.78 is 26.9. The number of hydrogen-bond acceptors (Lipinski definition) is 4. The van der Waals surface area contributed by atoms with Crippen LogP contribution in [0.2, 0.25) is 0 Å². The minimum atomic E-state index is -3.82. The highest BCUT2D eigenvalue weighted by Gasteiger charge is 2.36. The van der Waals surface area contributed by atoms with Gasteiger partial charge in [-0.2, -0.15) is 0 Å². The van der Waals surface area contributed by atoms with E-state index >= 15 is 0 Å². The lowest BCUT2D eigenvalue weighted by Gasteiger charge is -2.29. The van der Waals surface area contributed by atoms with Crippen LogP contribution < -0.4 is 10.0 Å². The highest BCUT2D eigenvalue weighted by Crippen LogP contribution is 2.41. The SMILES string of the molecule is C=C/C=C1/CCC2N=C(NC(=O)CNS(=O)(=O)/C(C=C)=C/C=C\C)CC2/C1=C/C=C. The first-order valence-corrected chi connectivity index (χ1v) is 11.3. The van der Waals surface area contributed by atoms with Gasteiger partial charge in [0, 0.05) is 12.3 Å². The van der Waals surface area contributed by atoms with Gasteiger partial charge in [-0.25, -0.2) is 13.1 Å². The number of carbonyl (C=O) groups is 1. The van der Waals surface area contributed by atoms with Gasteiger partial charge in [0.2, 0.25) is 15.9 Å². The largest absolute Gasteiger partial charge is 0.313 e. The fourth-order valence-electron chi connectivity index (χ4n) is 3.63. The molecule has 0 spiro atoms. The fraction of sp³-hybridized carbons (Fsp3) is 0.304. The molecule has 6 nitrogen and oxygen atoms in total. The van der Waals surface area contributed by atoms with Crippen molar-refractivity contribution < 1.29 is 13.2 Å². The number of carbonyl (C=O) groups excluding carboxylic acids is 1. The van der Waals surface area contributed by atoms with Crippen molar-refractivity contribution >= 4 is 21.8 Å². The first-order chi connectivity index (χ1) is 14.4. The van der Waals surface area contributed by atoms with Crippen LogP contribution in [0.3, 0.4) is 0 Å². The van der Waals surface area contributed by atoms with E-state index in [-0.39, 0.29) is 23.4 Å². The third kappa shape index (κ3) is 5.87. The summed E-state index contributed by atoms with van der Waals surface area (Å²) in [6.45, 7) is 12.5. The smallest absolute Gasteiger partial charge is 0.241 e. The Hall–Kier alpha value is -2.77. The molecule has 0 aromatic rings. The van der Waals surface area contributed by atoms with Gasteiger partial charge in [0.25, 0.3) is 0 Å². The molecular formula is C23H29N3O3S. The second-order valence-electron chi connectivity index (χ2n) is 6.95. The molecule has 1 fully saturated rings. The van der Waals surface area contributed by atoms with Crippen LogP contribution in [0.1, 0.15) is 26.2 Å². The summed E-state index contributed by atoms with van der Waals surface area (Å²) in [7, 11) is -3.82. The molecule has 1 aliphatic carbocycles. The summed E-state index contributed by atoms with van der Waals surface area (Å²) in [4.78, 5) is 17.0. The molecule has 0 aromatic carbocycles. The zero-order valence-electron chi connectivity index (χ0n) is 17.3. The lowest BCUT2D eigenvalue weighted by Crippen LogP contribution is -2.39. The van der Waals surface area contributed by atoms with E-state index in [2.05, 4.69) is 34.8 Å². The maximum Gasteiger partial charge on any atom is 0.241 e. The highest BCUT2D eigenvalue weighted by atomic mass is 32.2. The number of amides is 1. The van der Waals surface area contributed by atoms with Gasteiger partial charge in [-0.05, 0) is 43.1 Å². The molecular weight excluding hydrogens is 398 g/mol. The average molecular weight is 428 g/mol. The number of allylic oxidation sites excluding steroid dienone is 9. The van der Waals surface area contributed by atoms with Gasteiger partial charge in [0.05, 0.1) is 17.5 Å². The number of nitrogens with zero attached hydrogens (tertiary/aromatic N) is 1. The summed E-state index contributed by atoms with van der Waals surface area (Å²) in [5, 5.41) is 2.75. The summed E-state index contributed by atoms with van der Waals surface area (Å²) in [6.07, 6.45) is 15.9. The van der Waals surface area contributed by atoms with Crippen LogP contribution in [0.15, 0.2) is 89.4 Å². The molecule has 0 radical (unpaired) electrons. The Kier molecular flexibility index (Phi) is 8.50. The normalized spacial score (nSPS) is 24.6. The fourth-order valence-corrected chi connectivity index (χ4v) is 4.59. The van der Waals surface area contributed by atoms with Crippen LogP contribution in [-0.2, 0) is 14.8 Å².